The standard InChI is InChI=1S/C20H19BrN2O3/c1-23(14-16-3-7-17(21)8-4-16)20(24)10-6-15-5-9-18(26-12-11-22)19(13-15)25-2/h3-10,13H,12,14H2,1-2H3/b10-6+. The Balaban J connectivity index is 2.02. The minimum absolute atomic E-state index is 0.0507. The van der Waals surface area contributed by atoms with E-state index in [2.05, 4.69) is 15.9 Å². The molecule has 2 aromatic rings. The number of carbonyl (C=O) groups is 1. The fourth-order valence-electron chi connectivity index (χ4n) is 2.25. The fraction of sp³-hybridized carbons (Fsp3) is 0.200. The maximum Gasteiger partial charge on any atom is 0.246 e. The van der Waals surface area contributed by atoms with E-state index in [4.69, 9.17) is 14.7 Å². The van der Waals surface area contributed by atoms with Crippen molar-refractivity contribution in [1.82, 2.24) is 4.90 Å². The van der Waals surface area contributed by atoms with Crippen LogP contribution in [-0.4, -0.2) is 31.6 Å². The lowest BCUT2D eigenvalue weighted by atomic mass is 10.1. The van der Waals surface area contributed by atoms with Crippen LogP contribution in [0.1, 0.15) is 11.1 Å². The van der Waals surface area contributed by atoms with Crippen LogP contribution in [0.25, 0.3) is 6.08 Å². The molecule has 0 unspecified atom stereocenters. The molecule has 0 bridgehead atoms. The molecule has 0 aliphatic rings. The number of benzene rings is 2. The summed E-state index contributed by atoms with van der Waals surface area (Å²) in [5.41, 5.74) is 1.86. The van der Waals surface area contributed by atoms with Gasteiger partial charge in [0.05, 0.1) is 7.11 Å². The molecule has 0 radical (unpaired) electrons. The van der Waals surface area contributed by atoms with Crippen LogP contribution in [0, 0.1) is 11.3 Å². The third kappa shape index (κ3) is 5.64. The summed E-state index contributed by atoms with van der Waals surface area (Å²) in [6.07, 6.45) is 3.24. The number of hydrogen-bond acceptors (Lipinski definition) is 4. The zero-order chi connectivity index (χ0) is 18.9. The first-order valence-electron chi connectivity index (χ1n) is 7.89. The van der Waals surface area contributed by atoms with E-state index in [9.17, 15) is 4.79 Å². The van der Waals surface area contributed by atoms with Crippen LogP contribution in [0.2, 0.25) is 0 Å². The predicted molar refractivity (Wildman–Crippen MR) is 104 cm³/mol. The molecule has 2 aromatic carbocycles. The Bertz CT molecular complexity index is 826. The van der Waals surface area contributed by atoms with E-state index in [0.717, 1.165) is 15.6 Å². The molecule has 1 amide bonds. The SMILES string of the molecule is COc1cc(/C=C/C(=O)N(C)Cc2ccc(Br)cc2)ccc1OCC#N. The van der Waals surface area contributed by atoms with Crippen molar-refractivity contribution in [2.75, 3.05) is 20.8 Å². The van der Waals surface area contributed by atoms with Gasteiger partial charge < -0.3 is 14.4 Å². The molecule has 26 heavy (non-hydrogen) atoms. The van der Waals surface area contributed by atoms with Gasteiger partial charge in [-0.05, 0) is 41.5 Å². The first-order chi connectivity index (χ1) is 12.5. The number of nitriles is 1. The van der Waals surface area contributed by atoms with E-state index in [1.54, 1.807) is 36.2 Å². The number of likely N-dealkylation sites (N-methyl/N-ethyl adjacent to an activating group) is 1. The first kappa shape index (κ1) is 19.5. The van der Waals surface area contributed by atoms with Gasteiger partial charge in [-0.3, -0.25) is 4.79 Å². The molecule has 0 aliphatic carbocycles. The van der Waals surface area contributed by atoms with Crippen molar-refractivity contribution in [3.63, 3.8) is 0 Å². The highest BCUT2D eigenvalue weighted by atomic mass is 79.9. The molecule has 5 nitrogen and oxygen atoms in total. The number of amides is 1. The second-order valence-electron chi connectivity index (χ2n) is 5.51. The number of methoxy groups -OCH3 is 1. The van der Waals surface area contributed by atoms with Crippen molar-refractivity contribution in [3.8, 4) is 17.6 Å². The predicted octanol–water partition coefficient (Wildman–Crippen LogP) is 4.03. The molecular weight excluding hydrogens is 396 g/mol. The summed E-state index contributed by atoms with van der Waals surface area (Å²) in [5.74, 6) is 0.902. The summed E-state index contributed by atoms with van der Waals surface area (Å²) in [4.78, 5) is 13.9. The maximum atomic E-state index is 12.3. The Hall–Kier alpha value is -2.78. The summed E-state index contributed by atoms with van der Waals surface area (Å²) in [7, 11) is 3.29. The van der Waals surface area contributed by atoms with Crippen LogP contribution in [0.15, 0.2) is 53.0 Å². The monoisotopic (exact) mass is 414 g/mol. The average molecular weight is 415 g/mol. The number of ether oxygens (including phenoxy) is 2. The van der Waals surface area contributed by atoms with Crippen LogP contribution >= 0.6 is 15.9 Å². The van der Waals surface area contributed by atoms with Crippen molar-refractivity contribution in [1.29, 1.82) is 5.26 Å². The number of hydrogen-bond donors (Lipinski definition) is 0. The third-order valence-corrected chi connectivity index (χ3v) is 4.14. The first-order valence-corrected chi connectivity index (χ1v) is 8.68. The molecule has 0 fully saturated rings. The number of carbonyl (C=O) groups excluding carboxylic acids is 1. The van der Waals surface area contributed by atoms with E-state index in [1.807, 2.05) is 30.3 Å². The van der Waals surface area contributed by atoms with Gasteiger partial charge in [0.15, 0.2) is 18.1 Å². The molecule has 134 valence electrons. The van der Waals surface area contributed by atoms with E-state index >= 15 is 0 Å². The quantitative estimate of drug-likeness (QED) is 0.641. The van der Waals surface area contributed by atoms with Crippen LogP contribution in [0.4, 0.5) is 0 Å². The zero-order valence-corrected chi connectivity index (χ0v) is 16.2. The topological polar surface area (TPSA) is 62.6 Å². The molecule has 0 aliphatic heterocycles. The van der Waals surface area contributed by atoms with Crippen LogP contribution in [0.3, 0.4) is 0 Å². The van der Waals surface area contributed by atoms with Gasteiger partial charge in [-0.15, -0.1) is 0 Å². The number of nitrogens with zero attached hydrogens (tertiary/aromatic N) is 2. The molecule has 2 rings (SSSR count). The molecule has 6 heteroatoms. The second kappa shape index (κ2) is 9.64. The minimum Gasteiger partial charge on any atom is -0.493 e. The molecular formula is C20H19BrN2O3. The van der Waals surface area contributed by atoms with Gasteiger partial charge in [0.1, 0.15) is 6.07 Å². The van der Waals surface area contributed by atoms with Gasteiger partial charge in [-0.25, -0.2) is 0 Å². The molecule has 0 atom stereocenters. The van der Waals surface area contributed by atoms with Crippen molar-refractivity contribution < 1.29 is 14.3 Å². The van der Waals surface area contributed by atoms with Crippen molar-refractivity contribution >= 4 is 27.9 Å². The average Bonchev–Trinajstić information content (AvgIpc) is 2.66. The Kier molecular flexibility index (Phi) is 7.24. The van der Waals surface area contributed by atoms with E-state index < -0.39 is 0 Å². The van der Waals surface area contributed by atoms with Crippen LogP contribution in [-0.2, 0) is 11.3 Å². The Morgan fingerprint density at radius 1 is 1.23 bits per heavy atom. The van der Waals surface area contributed by atoms with Gasteiger partial charge in [0, 0.05) is 24.1 Å². The Morgan fingerprint density at radius 3 is 2.62 bits per heavy atom. The molecule has 0 saturated carbocycles. The van der Waals surface area contributed by atoms with E-state index in [0.29, 0.717) is 18.0 Å². The minimum atomic E-state index is -0.100. The van der Waals surface area contributed by atoms with Crippen LogP contribution < -0.4 is 9.47 Å². The molecule has 0 aromatic heterocycles. The summed E-state index contributed by atoms with van der Waals surface area (Å²) in [6, 6.07) is 15.0. The lowest BCUT2D eigenvalue weighted by Crippen LogP contribution is -2.24. The molecule has 0 saturated heterocycles. The van der Waals surface area contributed by atoms with Crippen molar-refractivity contribution in [3.05, 3.63) is 64.1 Å². The molecule has 0 heterocycles. The number of rotatable bonds is 7. The van der Waals surface area contributed by atoms with Gasteiger partial charge in [0.2, 0.25) is 5.91 Å². The summed E-state index contributed by atoms with van der Waals surface area (Å²) < 4.78 is 11.5. The maximum absolute atomic E-state index is 12.3. The summed E-state index contributed by atoms with van der Waals surface area (Å²) in [6.45, 7) is 0.478. The normalized spacial score (nSPS) is 10.4. The lowest BCUT2D eigenvalue weighted by Gasteiger charge is -2.15. The second-order valence-corrected chi connectivity index (χ2v) is 6.43. The van der Waals surface area contributed by atoms with Crippen molar-refractivity contribution in [2.45, 2.75) is 6.54 Å². The van der Waals surface area contributed by atoms with Crippen molar-refractivity contribution in [2.24, 2.45) is 0 Å². The zero-order valence-electron chi connectivity index (χ0n) is 14.6. The third-order valence-electron chi connectivity index (χ3n) is 3.61. The highest BCUT2D eigenvalue weighted by Gasteiger charge is 2.07. The smallest absolute Gasteiger partial charge is 0.246 e. The highest BCUT2D eigenvalue weighted by molar-refractivity contribution is 9.10. The van der Waals surface area contributed by atoms with Gasteiger partial charge in [-0.2, -0.15) is 5.26 Å². The number of halogens is 1. The van der Waals surface area contributed by atoms with E-state index in [1.165, 1.54) is 13.2 Å². The van der Waals surface area contributed by atoms with Gasteiger partial charge in [-0.1, -0.05) is 34.1 Å². The largest absolute Gasteiger partial charge is 0.493 e. The van der Waals surface area contributed by atoms with Crippen LogP contribution in [0.5, 0.6) is 11.5 Å². The Labute approximate surface area is 161 Å². The summed E-state index contributed by atoms with van der Waals surface area (Å²) >= 11 is 3.40. The van der Waals surface area contributed by atoms with E-state index in [-0.39, 0.29) is 12.5 Å². The summed E-state index contributed by atoms with van der Waals surface area (Å²) in [5, 5.41) is 8.59. The van der Waals surface area contributed by atoms with Gasteiger partial charge >= 0.3 is 0 Å². The lowest BCUT2D eigenvalue weighted by molar-refractivity contribution is -0.125. The Morgan fingerprint density at radius 2 is 1.96 bits per heavy atom. The fourth-order valence-corrected chi connectivity index (χ4v) is 2.52. The highest BCUT2D eigenvalue weighted by Crippen LogP contribution is 2.28. The van der Waals surface area contributed by atoms with Gasteiger partial charge in [0.25, 0.3) is 0 Å². The molecule has 0 N–H and O–H groups in total. The molecule has 0 spiro atoms.